The summed E-state index contributed by atoms with van der Waals surface area (Å²) in [5.41, 5.74) is 0.579. The van der Waals surface area contributed by atoms with Gasteiger partial charge in [-0.3, -0.25) is 4.79 Å². The maximum absolute atomic E-state index is 12.6. The van der Waals surface area contributed by atoms with Crippen LogP contribution in [0.15, 0.2) is 36.9 Å². The van der Waals surface area contributed by atoms with Crippen LogP contribution in [0.3, 0.4) is 0 Å². The fourth-order valence-electron chi connectivity index (χ4n) is 1.11. The fourth-order valence-corrected chi connectivity index (χ4v) is 1.77. The minimum Gasteiger partial charge on any atom is -0.294 e. The summed E-state index contributed by atoms with van der Waals surface area (Å²) in [4.78, 5) is 11.6. The van der Waals surface area contributed by atoms with E-state index in [0.29, 0.717) is 12.0 Å². The lowest BCUT2D eigenvalue weighted by Gasteiger charge is -2.00. The maximum atomic E-state index is 12.6. The Bertz CT molecular complexity index is 332. The van der Waals surface area contributed by atoms with Crippen molar-refractivity contribution in [3.63, 3.8) is 0 Å². The quantitative estimate of drug-likeness (QED) is 0.419. The molecule has 80 valence electrons. The van der Waals surface area contributed by atoms with Crippen LogP contribution in [0, 0.1) is 5.82 Å². The van der Waals surface area contributed by atoms with Gasteiger partial charge in [-0.15, -0.1) is 6.58 Å². The lowest BCUT2D eigenvalue weighted by molar-refractivity contribution is 0.0989. The number of ketones is 1. The largest absolute Gasteiger partial charge is 0.294 e. The molecule has 0 aliphatic heterocycles. The van der Waals surface area contributed by atoms with Crippen LogP contribution >= 0.6 is 11.8 Å². The topological polar surface area (TPSA) is 17.1 Å². The monoisotopic (exact) mass is 224 g/mol. The number of hydrogen-bond acceptors (Lipinski definition) is 2. The molecular weight excluding hydrogens is 211 g/mol. The van der Waals surface area contributed by atoms with Gasteiger partial charge < -0.3 is 0 Å². The van der Waals surface area contributed by atoms with Gasteiger partial charge >= 0.3 is 0 Å². The van der Waals surface area contributed by atoms with Crippen molar-refractivity contribution in [2.24, 2.45) is 0 Å². The average Bonchev–Trinajstić information content (AvgIpc) is 2.25. The second-order valence-corrected chi connectivity index (χ2v) is 4.19. The Morgan fingerprint density at radius 1 is 1.40 bits per heavy atom. The minimum absolute atomic E-state index is 0.0616. The molecule has 0 fully saturated rings. The molecule has 0 saturated carbocycles. The number of thioether (sulfide) groups is 1. The number of rotatable bonds is 6. The summed E-state index contributed by atoms with van der Waals surface area (Å²) in [5.74, 6) is 1.39. The summed E-state index contributed by atoms with van der Waals surface area (Å²) >= 11 is 1.67. The first-order chi connectivity index (χ1) is 7.24. The third kappa shape index (κ3) is 4.30. The number of carbonyl (C=O) groups is 1. The summed E-state index contributed by atoms with van der Waals surface area (Å²) in [6.45, 7) is 3.60. The molecule has 0 radical (unpaired) electrons. The lowest BCUT2D eigenvalue weighted by atomic mass is 10.1. The van der Waals surface area contributed by atoms with Gasteiger partial charge in [-0.25, -0.2) is 4.39 Å². The van der Waals surface area contributed by atoms with Gasteiger partial charge in [0.15, 0.2) is 5.78 Å². The Balaban J connectivity index is 2.40. The van der Waals surface area contributed by atoms with E-state index < -0.39 is 0 Å². The Morgan fingerprint density at radius 3 is 2.67 bits per heavy atom. The third-order valence-corrected chi connectivity index (χ3v) is 2.84. The van der Waals surface area contributed by atoms with E-state index in [4.69, 9.17) is 0 Å². The number of hydrogen-bond donors (Lipinski definition) is 0. The number of Topliss-reactive ketones (excluding diaryl/α,β-unsaturated/α-hetero) is 1. The zero-order valence-electron chi connectivity index (χ0n) is 8.41. The second kappa shape index (κ2) is 6.40. The second-order valence-electron chi connectivity index (χ2n) is 3.04. The molecule has 0 aromatic heterocycles. The first-order valence-corrected chi connectivity index (χ1v) is 5.87. The van der Waals surface area contributed by atoms with Crippen LogP contribution in [0.4, 0.5) is 4.39 Å². The first kappa shape index (κ1) is 12.0. The van der Waals surface area contributed by atoms with Crippen LogP contribution < -0.4 is 0 Å². The van der Waals surface area contributed by atoms with Crippen molar-refractivity contribution in [2.45, 2.75) is 6.42 Å². The van der Waals surface area contributed by atoms with E-state index in [1.807, 2.05) is 6.08 Å². The van der Waals surface area contributed by atoms with Crippen LogP contribution in [-0.4, -0.2) is 17.3 Å². The van der Waals surface area contributed by atoms with Gasteiger partial charge in [0.1, 0.15) is 5.82 Å². The normalized spacial score (nSPS) is 9.93. The number of halogens is 1. The van der Waals surface area contributed by atoms with E-state index >= 15 is 0 Å². The molecule has 1 aromatic rings. The van der Waals surface area contributed by atoms with Crippen LogP contribution in [0.25, 0.3) is 0 Å². The van der Waals surface area contributed by atoms with Crippen molar-refractivity contribution in [2.75, 3.05) is 11.5 Å². The molecule has 1 aromatic carbocycles. The molecule has 3 heteroatoms. The molecule has 0 aliphatic carbocycles. The van der Waals surface area contributed by atoms with Crippen LogP contribution in [-0.2, 0) is 0 Å². The fraction of sp³-hybridized carbons (Fsp3) is 0.250. The zero-order chi connectivity index (χ0) is 11.1. The highest BCUT2D eigenvalue weighted by Crippen LogP contribution is 2.09. The Labute approximate surface area is 93.4 Å². The molecule has 0 heterocycles. The van der Waals surface area contributed by atoms with Gasteiger partial charge in [-0.1, -0.05) is 6.08 Å². The van der Waals surface area contributed by atoms with E-state index in [0.717, 1.165) is 11.5 Å². The average molecular weight is 224 g/mol. The van der Waals surface area contributed by atoms with Crippen molar-refractivity contribution in [1.29, 1.82) is 0 Å². The Hall–Kier alpha value is -1.09. The highest BCUT2D eigenvalue weighted by Gasteiger charge is 2.04. The van der Waals surface area contributed by atoms with Crippen molar-refractivity contribution < 1.29 is 9.18 Å². The Kier molecular flexibility index (Phi) is 5.12. The van der Waals surface area contributed by atoms with Gasteiger partial charge in [0.25, 0.3) is 0 Å². The summed E-state index contributed by atoms with van der Waals surface area (Å²) in [6, 6.07) is 5.67. The predicted molar refractivity (Wildman–Crippen MR) is 62.9 cm³/mol. The van der Waals surface area contributed by atoms with Crippen molar-refractivity contribution in [3.8, 4) is 0 Å². The molecule has 0 spiro atoms. The standard InChI is InChI=1S/C12H13FOS/c1-2-8-15-9-7-12(14)10-3-5-11(13)6-4-10/h2-6H,1,7-9H2. The molecule has 1 nitrogen and oxygen atoms in total. The lowest BCUT2D eigenvalue weighted by Crippen LogP contribution is -2.00. The van der Waals surface area contributed by atoms with Gasteiger partial charge in [-0.2, -0.15) is 11.8 Å². The molecular formula is C12H13FOS. The highest BCUT2D eigenvalue weighted by molar-refractivity contribution is 7.99. The molecule has 0 saturated heterocycles. The zero-order valence-corrected chi connectivity index (χ0v) is 9.23. The SMILES string of the molecule is C=CCSCCC(=O)c1ccc(F)cc1. The van der Waals surface area contributed by atoms with Crippen molar-refractivity contribution in [1.82, 2.24) is 0 Å². The molecule has 0 aliphatic rings. The van der Waals surface area contributed by atoms with Gasteiger partial charge in [0.2, 0.25) is 0 Å². The molecule has 0 unspecified atom stereocenters. The molecule has 0 N–H and O–H groups in total. The summed E-state index contributed by atoms with van der Waals surface area (Å²) < 4.78 is 12.6. The van der Waals surface area contributed by atoms with E-state index in [-0.39, 0.29) is 11.6 Å². The molecule has 1 rings (SSSR count). The van der Waals surface area contributed by atoms with E-state index in [9.17, 15) is 9.18 Å². The third-order valence-electron chi connectivity index (χ3n) is 1.88. The first-order valence-electron chi connectivity index (χ1n) is 4.71. The van der Waals surface area contributed by atoms with Gasteiger partial charge in [-0.05, 0) is 24.3 Å². The number of benzene rings is 1. The van der Waals surface area contributed by atoms with Gasteiger partial charge in [0, 0.05) is 23.5 Å². The molecule has 0 bridgehead atoms. The van der Waals surface area contributed by atoms with E-state index in [1.165, 1.54) is 24.3 Å². The predicted octanol–water partition coefficient (Wildman–Crippen LogP) is 3.32. The molecule has 0 atom stereocenters. The summed E-state index contributed by atoms with van der Waals surface area (Å²) in [5, 5.41) is 0. The summed E-state index contributed by atoms with van der Waals surface area (Å²) in [7, 11) is 0. The minimum atomic E-state index is -0.312. The van der Waals surface area contributed by atoms with E-state index in [1.54, 1.807) is 11.8 Å². The van der Waals surface area contributed by atoms with Crippen molar-refractivity contribution in [3.05, 3.63) is 48.3 Å². The van der Waals surface area contributed by atoms with Crippen molar-refractivity contribution >= 4 is 17.5 Å². The summed E-state index contributed by atoms with van der Waals surface area (Å²) in [6.07, 6.45) is 2.30. The molecule has 15 heavy (non-hydrogen) atoms. The molecule has 0 amide bonds. The van der Waals surface area contributed by atoms with Crippen LogP contribution in [0.5, 0.6) is 0 Å². The number of carbonyl (C=O) groups excluding carboxylic acids is 1. The Morgan fingerprint density at radius 2 is 2.07 bits per heavy atom. The van der Waals surface area contributed by atoms with Crippen LogP contribution in [0.2, 0.25) is 0 Å². The highest BCUT2D eigenvalue weighted by atomic mass is 32.2. The smallest absolute Gasteiger partial charge is 0.163 e. The van der Waals surface area contributed by atoms with Crippen LogP contribution in [0.1, 0.15) is 16.8 Å². The van der Waals surface area contributed by atoms with Gasteiger partial charge in [0.05, 0.1) is 0 Å². The van der Waals surface area contributed by atoms with E-state index in [2.05, 4.69) is 6.58 Å². The maximum Gasteiger partial charge on any atom is 0.163 e.